The minimum absolute atomic E-state index is 0.0695. The van der Waals surface area contributed by atoms with E-state index in [-0.39, 0.29) is 30.8 Å². The highest BCUT2D eigenvalue weighted by Gasteiger charge is 2.35. The lowest BCUT2D eigenvalue weighted by atomic mass is 9.82. The van der Waals surface area contributed by atoms with Gasteiger partial charge < -0.3 is 0 Å². The van der Waals surface area contributed by atoms with Gasteiger partial charge in [0.2, 0.25) is 0 Å². The van der Waals surface area contributed by atoms with Crippen molar-refractivity contribution in [3.8, 4) is 0 Å². The molecule has 0 unspecified atom stereocenters. The second kappa shape index (κ2) is 5.21. The average molecular weight is 248 g/mol. The van der Waals surface area contributed by atoms with Crippen molar-refractivity contribution in [1.29, 1.82) is 0 Å². The average Bonchev–Trinajstić information content (AvgIpc) is 2.28. The van der Waals surface area contributed by atoms with Gasteiger partial charge in [0.05, 0.1) is 0 Å². The molecule has 0 aliphatic heterocycles. The summed E-state index contributed by atoms with van der Waals surface area (Å²) in [6.45, 7) is 0. The predicted octanol–water partition coefficient (Wildman–Crippen LogP) is 1.88. The summed E-state index contributed by atoms with van der Waals surface area (Å²) >= 11 is 0. The van der Waals surface area contributed by atoms with Crippen LogP contribution in [0.2, 0.25) is 0 Å². The summed E-state index contributed by atoms with van der Waals surface area (Å²) in [5, 5.41) is 0. The van der Waals surface area contributed by atoms with Gasteiger partial charge in [-0.15, -0.1) is 0 Å². The highest BCUT2D eigenvalue weighted by atomic mass is 19.1. The van der Waals surface area contributed by atoms with Crippen molar-refractivity contribution in [3.63, 3.8) is 0 Å². The lowest BCUT2D eigenvalue weighted by Crippen LogP contribution is -2.36. The molecule has 1 aliphatic rings. The van der Waals surface area contributed by atoms with Crippen molar-refractivity contribution in [2.75, 3.05) is 0 Å². The summed E-state index contributed by atoms with van der Waals surface area (Å²) in [4.78, 5) is 35.1. The van der Waals surface area contributed by atoms with Gasteiger partial charge in [-0.05, 0) is 24.1 Å². The first-order valence-electron chi connectivity index (χ1n) is 5.90. The van der Waals surface area contributed by atoms with E-state index in [4.69, 9.17) is 0 Å². The van der Waals surface area contributed by atoms with E-state index in [0.29, 0.717) is 12.0 Å². The van der Waals surface area contributed by atoms with Crippen LogP contribution in [-0.4, -0.2) is 17.3 Å². The van der Waals surface area contributed by atoms with Crippen molar-refractivity contribution in [2.24, 2.45) is 5.92 Å². The minimum Gasteiger partial charge on any atom is -0.298 e. The van der Waals surface area contributed by atoms with Gasteiger partial charge >= 0.3 is 0 Å². The van der Waals surface area contributed by atoms with Crippen LogP contribution < -0.4 is 0 Å². The molecule has 3 nitrogen and oxygen atoms in total. The molecule has 0 saturated heterocycles. The lowest BCUT2D eigenvalue weighted by Gasteiger charge is -2.18. The van der Waals surface area contributed by atoms with E-state index in [9.17, 15) is 18.8 Å². The zero-order valence-electron chi connectivity index (χ0n) is 9.82. The third-order valence-electron chi connectivity index (χ3n) is 3.08. The van der Waals surface area contributed by atoms with Gasteiger partial charge in [-0.25, -0.2) is 4.39 Å². The molecule has 0 heterocycles. The summed E-state index contributed by atoms with van der Waals surface area (Å²) in [6, 6.07) is 5.64. The second-order valence-corrected chi connectivity index (χ2v) is 4.49. The van der Waals surface area contributed by atoms with Gasteiger partial charge in [-0.1, -0.05) is 12.1 Å². The SMILES string of the molecule is O=C1CCCC(=O)C1C(=O)Cc1cccc(F)c1. The zero-order valence-corrected chi connectivity index (χ0v) is 9.82. The van der Waals surface area contributed by atoms with Crippen molar-refractivity contribution < 1.29 is 18.8 Å². The Morgan fingerprint density at radius 2 is 1.89 bits per heavy atom. The third-order valence-corrected chi connectivity index (χ3v) is 3.08. The molecule has 0 N–H and O–H groups in total. The second-order valence-electron chi connectivity index (χ2n) is 4.49. The molecule has 0 atom stereocenters. The third kappa shape index (κ3) is 2.70. The maximum atomic E-state index is 13.0. The molecule has 0 aromatic heterocycles. The molecule has 0 bridgehead atoms. The van der Waals surface area contributed by atoms with Gasteiger partial charge in [0.25, 0.3) is 0 Å². The standard InChI is InChI=1S/C14H13FO3/c15-10-4-1-3-9(7-10)8-13(18)14-11(16)5-2-6-12(14)17/h1,3-4,7,14H,2,5-6,8H2. The highest BCUT2D eigenvalue weighted by molar-refractivity contribution is 6.20. The molecule has 1 aromatic carbocycles. The van der Waals surface area contributed by atoms with Crippen LogP contribution in [-0.2, 0) is 20.8 Å². The van der Waals surface area contributed by atoms with E-state index in [1.807, 2.05) is 0 Å². The van der Waals surface area contributed by atoms with Crippen LogP contribution in [0, 0.1) is 11.7 Å². The number of rotatable bonds is 3. The maximum absolute atomic E-state index is 13.0. The maximum Gasteiger partial charge on any atom is 0.155 e. The molecule has 2 rings (SSSR count). The Labute approximate surface area is 104 Å². The van der Waals surface area contributed by atoms with Gasteiger partial charge in [0.15, 0.2) is 17.3 Å². The number of hydrogen-bond acceptors (Lipinski definition) is 3. The Balaban J connectivity index is 2.12. The van der Waals surface area contributed by atoms with Gasteiger partial charge in [-0.2, -0.15) is 0 Å². The molecule has 0 radical (unpaired) electrons. The normalized spacial score (nSPS) is 16.9. The number of Topliss-reactive ketones (excluding diaryl/α,β-unsaturated/α-hetero) is 3. The highest BCUT2D eigenvalue weighted by Crippen LogP contribution is 2.20. The predicted molar refractivity (Wildman–Crippen MR) is 62.5 cm³/mol. The number of carbonyl (C=O) groups excluding carboxylic acids is 3. The van der Waals surface area contributed by atoms with Crippen LogP contribution >= 0.6 is 0 Å². The van der Waals surface area contributed by atoms with E-state index in [0.717, 1.165) is 0 Å². The van der Waals surface area contributed by atoms with Crippen molar-refractivity contribution in [1.82, 2.24) is 0 Å². The zero-order chi connectivity index (χ0) is 13.1. The first-order chi connectivity index (χ1) is 8.58. The first-order valence-corrected chi connectivity index (χ1v) is 5.90. The minimum atomic E-state index is -1.12. The molecule has 1 fully saturated rings. The molecule has 94 valence electrons. The van der Waals surface area contributed by atoms with Crippen molar-refractivity contribution in [3.05, 3.63) is 35.6 Å². The lowest BCUT2D eigenvalue weighted by molar-refractivity contribution is -0.141. The van der Waals surface area contributed by atoms with Gasteiger partial charge in [0.1, 0.15) is 11.7 Å². The van der Waals surface area contributed by atoms with Crippen LogP contribution in [0.1, 0.15) is 24.8 Å². The van der Waals surface area contributed by atoms with E-state index in [1.165, 1.54) is 18.2 Å². The Kier molecular flexibility index (Phi) is 3.65. The molecular weight excluding hydrogens is 235 g/mol. The fraction of sp³-hybridized carbons (Fsp3) is 0.357. The van der Waals surface area contributed by atoms with Crippen molar-refractivity contribution in [2.45, 2.75) is 25.7 Å². The van der Waals surface area contributed by atoms with E-state index in [2.05, 4.69) is 0 Å². The Bertz CT molecular complexity index is 492. The quantitative estimate of drug-likeness (QED) is 0.767. The molecule has 18 heavy (non-hydrogen) atoms. The van der Waals surface area contributed by atoms with E-state index >= 15 is 0 Å². The molecule has 1 aliphatic carbocycles. The summed E-state index contributed by atoms with van der Waals surface area (Å²) in [5.41, 5.74) is 0.492. The summed E-state index contributed by atoms with van der Waals surface area (Å²) < 4.78 is 13.0. The van der Waals surface area contributed by atoms with Crippen LogP contribution in [0.4, 0.5) is 4.39 Å². The van der Waals surface area contributed by atoms with Crippen LogP contribution in [0.15, 0.2) is 24.3 Å². The molecule has 0 amide bonds. The smallest absolute Gasteiger partial charge is 0.155 e. The summed E-state index contributed by atoms with van der Waals surface area (Å²) in [5.74, 6) is -2.57. The molecule has 4 heteroatoms. The molecule has 0 spiro atoms. The van der Waals surface area contributed by atoms with Crippen molar-refractivity contribution >= 4 is 17.3 Å². The summed E-state index contributed by atoms with van der Waals surface area (Å²) in [7, 11) is 0. The molecule has 1 aromatic rings. The Morgan fingerprint density at radius 3 is 2.50 bits per heavy atom. The van der Waals surface area contributed by atoms with Gasteiger partial charge in [-0.3, -0.25) is 14.4 Å². The summed E-state index contributed by atoms with van der Waals surface area (Å²) in [6.07, 6.45) is 1.03. The largest absolute Gasteiger partial charge is 0.298 e. The van der Waals surface area contributed by atoms with Crippen LogP contribution in [0.3, 0.4) is 0 Å². The Morgan fingerprint density at radius 1 is 1.22 bits per heavy atom. The number of benzene rings is 1. The number of carbonyl (C=O) groups is 3. The fourth-order valence-electron chi connectivity index (χ4n) is 2.21. The van der Waals surface area contributed by atoms with E-state index in [1.54, 1.807) is 6.07 Å². The number of halogens is 1. The first kappa shape index (κ1) is 12.6. The molecular formula is C14H13FO3. The number of hydrogen-bond donors (Lipinski definition) is 0. The monoisotopic (exact) mass is 248 g/mol. The van der Waals surface area contributed by atoms with Crippen LogP contribution in [0.25, 0.3) is 0 Å². The molecule has 1 saturated carbocycles. The number of ketones is 3. The topological polar surface area (TPSA) is 51.2 Å². The fourth-order valence-corrected chi connectivity index (χ4v) is 2.21. The van der Waals surface area contributed by atoms with E-state index < -0.39 is 17.5 Å². The Hall–Kier alpha value is -1.84. The van der Waals surface area contributed by atoms with Crippen LogP contribution in [0.5, 0.6) is 0 Å². The van der Waals surface area contributed by atoms with Gasteiger partial charge in [0, 0.05) is 19.3 Å².